The second-order valence-electron chi connectivity index (χ2n) is 4.17. The van der Waals surface area contributed by atoms with Gasteiger partial charge in [-0.05, 0) is 36.2 Å². The minimum Gasteiger partial charge on any atom is -0.497 e. The van der Waals surface area contributed by atoms with Crippen molar-refractivity contribution in [1.29, 1.82) is 0 Å². The molecular formula is C16H14O3. The molecule has 3 nitrogen and oxygen atoms in total. The summed E-state index contributed by atoms with van der Waals surface area (Å²) < 4.78 is 5.18. The van der Waals surface area contributed by atoms with Gasteiger partial charge < -0.3 is 4.74 Å². The number of benzene rings is 2. The summed E-state index contributed by atoms with van der Waals surface area (Å²) in [7, 11) is 1.57. The largest absolute Gasteiger partial charge is 0.497 e. The van der Waals surface area contributed by atoms with Crippen LogP contribution in [0, 0.1) is 0 Å². The molecule has 0 aliphatic rings. The van der Waals surface area contributed by atoms with E-state index in [0.29, 0.717) is 22.4 Å². The third kappa shape index (κ3) is 2.55. The van der Waals surface area contributed by atoms with Crippen LogP contribution in [0.2, 0.25) is 0 Å². The predicted molar refractivity (Wildman–Crippen MR) is 73.8 cm³/mol. The topological polar surface area (TPSA) is 43.4 Å². The van der Waals surface area contributed by atoms with Crippen molar-refractivity contribution >= 4 is 12.1 Å². The summed E-state index contributed by atoms with van der Waals surface area (Å²) in [6.45, 7) is 1.51. The molecule has 0 spiro atoms. The molecule has 3 heteroatoms. The van der Waals surface area contributed by atoms with Crippen LogP contribution in [-0.2, 0) is 0 Å². The van der Waals surface area contributed by atoms with Crippen LogP contribution < -0.4 is 4.74 Å². The highest BCUT2D eigenvalue weighted by Crippen LogP contribution is 2.30. The molecule has 0 radical (unpaired) electrons. The highest BCUT2D eigenvalue weighted by atomic mass is 16.5. The van der Waals surface area contributed by atoms with Crippen LogP contribution in [0.25, 0.3) is 11.1 Å². The van der Waals surface area contributed by atoms with Crippen LogP contribution in [0.4, 0.5) is 0 Å². The van der Waals surface area contributed by atoms with E-state index in [1.165, 1.54) is 6.92 Å². The van der Waals surface area contributed by atoms with Crippen molar-refractivity contribution in [3.8, 4) is 16.9 Å². The van der Waals surface area contributed by atoms with Crippen LogP contribution in [0.3, 0.4) is 0 Å². The van der Waals surface area contributed by atoms with E-state index in [-0.39, 0.29) is 5.78 Å². The molecule has 0 aliphatic carbocycles. The number of carbonyl (C=O) groups is 2. The van der Waals surface area contributed by atoms with Gasteiger partial charge in [-0.15, -0.1) is 0 Å². The van der Waals surface area contributed by atoms with Crippen molar-refractivity contribution in [3.63, 3.8) is 0 Å². The first-order valence-electron chi connectivity index (χ1n) is 5.91. The van der Waals surface area contributed by atoms with E-state index >= 15 is 0 Å². The maximum Gasteiger partial charge on any atom is 0.160 e. The molecule has 0 aromatic heterocycles. The highest BCUT2D eigenvalue weighted by Gasteiger charge is 2.12. The van der Waals surface area contributed by atoms with E-state index in [9.17, 15) is 9.59 Å². The predicted octanol–water partition coefficient (Wildman–Crippen LogP) is 3.38. The van der Waals surface area contributed by atoms with E-state index in [2.05, 4.69) is 0 Å². The minimum absolute atomic E-state index is 0.0322. The summed E-state index contributed by atoms with van der Waals surface area (Å²) >= 11 is 0. The summed E-state index contributed by atoms with van der Waals surface area (Å²) in [5.41, 5.74) is 2.59. The molecule has 2 aromatic carbocycles. The second kappa shape index (κ2) is 5.48. The van der Waals surface area contributed by atoms with Gasteiger partial charge in [-0.2, -0.15) is 0 Å². The molecule has 96 valence electrons. The number of carbonyl (C=O) groups excluding carboxylic acids is 2. The molecule has 0 fully saturated rings. The number of hydrogen-bond acceptors (Lipinski definition) is 3. The smallest absolute Gasteiger partial charge is 0.160 e. The van der Waals surface area contributed by atoms with Crippen molar-refractivity contribution < 1.29 is 14.3 Å². The van der Waals surface area contributed by atoms with Gasteiger partial charge in [0.1, 0.15) is 5.75 Å². The van der Waals surface area contributed by atoms with Crippen molar-refractivity contribution in [1.82, 2.24) is 0 Å². The number of methoxy groups -OCH3 is 1. The molecule has 0 bridgehead atoms. The van der Waals surface area contributed by atoms with Crippen LogP contribution in [0.1, 0.15) is 27.6 Å². The van der Waals surface area contributed by atoms with Gasteiger partial charge in [-0.25, -0.2) is 0 Å². The van der Waals surface area contributed by atoms with Gasteiger partial charge in [0.05, 0.1) is 7.11 Å². The number of rotatable bonds is 4. The van der Waals surface area contributed by atoms with E-state index in [1.54, 1.807) is 37.4 Å². The molecule has 19 heavy (non-hydrogen) atoms. The van der Waals surface area contributed by atoms with E-state index in [0.717, 1.165) is 11.8 Å². The summed E-state index contributed by atoms with van der Waals surface area (Å²) in [6.07, 6.45) is 0.783. The Labute approximate surface area is 111 Å². The van der Waals surface area contributed by atoms with E-state index < -0.39 is 0 Å². The van der Waals surface area contributed by atoms with Crippen LogP contribution in [0.5, 0.6) is 5.75 Å². The lowest BCUT2D eigenvalue weighted by Crippen LogP contribution is -1.98. The van der Waals surface area contributed by atoms with Crippen molar-refractivity contribution in [2.75, 3.05) is 7.11 Å². The molecular weight excluding hydrogens is 240 g/mol. The fourth-order valence-electron chi connectivity index (χ4n) is 2.02. The zero-order valence-corrected chi connectivity index (χ0v) is 10.8. The third-order valence-electron chi connectivity index (χ3n) is 2.98. The summed E-state index contributed by atoms with van der Waals surface area (Å²) in [6, 6.07) is 12.4. The Kier molecular flexibility index (Phi) is 3.76. The average molecular weight is 254 g/mol. The summed E-state index contributed by atoms with van der Waals surface area (Å²) in [5, 5.41) is 0. The third-order valence-corrected chi connectivity index (χ3v) is 2.98. The molecule has 0 N–H and O–H groups in total. The van der Waals surface area contributed by atoms with E-state index in [4.69, 9.17) is 4.74 Å². The van der Waals surface area contributed by atoms with Crippen LogP contribution >= 0.6 is 0 Å². The Morgan fingerprint density at radius 3 is 2.47 bits per heavy atom. The van der Waals surface area contributed by atoms with Gasteiger partial charge in [0, 0.05) is 11.1 Å². The van der Waals surface area contributed by atoms with Gasteiger partial charge >= 0.3 is 0 Å². The number of aldehydes is 1. The van der Waals surface area contributed by atoms with Gasteiger partial charge in [0.2, 0.25) is 0 Å². The lowest BCUT2D eigenvalue weighted by Gasteiger charge is -2.11. The SMILES string of the molecule is COc1ccc(C=O)c(-c2ccccc2C(C)=O)c1. The van der Waals surface area contributed by atoms with Gasteiger partial charge in [0.25, 0.3) is 0 Å². The first-order valence-corrected chi connectivity index (χ1v) is 5.91. The maximum absolute atomic E-state index is 11.7. The Bertz CT molecular complexity index is 630. The lowest BCUT2D eigenvalue weighted by atomic mass is 9.94. The Morgan fingerprint density at radius 2 is 1.84 bits per heavy atom. The minimum atomic E-state index is -0.0322. The first-order chi connectivity index (χ1) is 9.17. The van der Waals surface area contributed by atoms with Crippen molar-refractivity contribution in [3.05, 3.63) is 53.6 Å². The lowest BCUT2D eigenvalue weighted by molar-refractivity contribution is 0.101. The molecule has 0 heterocycles. The fraction of sp³-hybridized carbons (Fsp3) is 0.125. The number of ketones is 1. The van der Waals surface area contributed by atoms with Crippen molar-refractivity contribution in [2.24, 2.45) is 0 Å². The quantitative estimate of drug-likeness (QED) is 0.620. The molecule has 0 saturated carbocycles. The molecule has 0 amide bonds. The molecule has 0 atom stereocenters. The molecule has 2 rings (SSSR count). The summed E-state index contributed by atoms with van der Waals surface area (Å²) in [5.74, 6) is 0.620. The Morgan fingerprint density at radius 1 is 1.11 bits per heavy atom. The second-order valence-corrected chi connectivity index (χ2v) is 4.17. The van der Waals surface area contributed by atoms with Crippen molar-refractivity contribution in [2.45, 2.75) is 6.92 Å². The fourth-order valence-corrected chi connectivity index (χ4v) is 2.02. The number of Topliss-reactive ketones (excluding diaryl/α,β-unsaturated/α-hetero) is 1. The zero-order chi connectivity index (χ0) is 13.8. The standard InChI is InChI=1S/C16H14O3/c1-11(18)14-5-3-4-6-15(14)16-9-13(19-2)8-7-12(16)10-17/h3-10H,1-2H3. The van der Waals surface area contributed by atoms with Gasteiger partial charge in [-0.3, -0.25) is 9.59 Å². The van der Waals surface area contributed by atoms with Gasteiger partial charge in [0.15, 0.2) is 12.1 Å². The first kappa shape index (κ1) is 13.0. The maximum atomic E-state index is 11.7. The van der Waals surface area contributed by atoms with Crippen LogP contribution in [-0.4, -0.2) is 19.2 Å². The Balaban J connectivity index is 2.70. The molecule has 0 aliphatic heterocycles. The molecule has 0 unspecified atom stereocenters. The van der Waals surface area contributed by atoms with Gasteiger partial charge in [-0.1, -0.05) is 24.3 Å². The number of ether oxygens (including phenoxy) is 1. The van der Waals surface area contributed by atoms with E-state index in [1.807, 2.05) is 12.1 Å². The average Bonchev–Trinajstić information content (AvgIpc) is 2.46. The normalized spacial score (nSPS) is 10.0. The zero-order valence-electron chi connectivity index (χ0n) is 10.8. The van der Waals surface area contributed by atoms with Crippen LogP contribution in [0.15, 0.2) is 42.5 Å². The molecule has 0 saturated heterocycles. The molecule has 2 aromatic rings. The Hall–Kier alpha value is -2.42. The summed E-state index contributed by atoms with van der Waals surface area (Å²) in [4.78, 5) is 22.8. The monoisotopic (exact) mass is 254 g/mol. The highest BCUT2D eigenvalue weighted by molar-refractivity contribution is 6.03. The number of hydrogen-bond donors (Lipinski definition) is 0.